The highest BCUT2D eigenvalue weighted by Gasteiger charge is 2.48. The van der Waals surface area contributed by atoms with Crippen molar-refractivity contribution in [1.82, 2.24) is 5.32 Å². The van der Waals surface area contributed by atoms with E-state index in [1.807, 2.05) is 13.8 Å². The van der Waals surface area contributed by atoms with Crippen molar-refractivity contribution in [3.05, 3.63) is 28.2 Å². The number of rotatable bonds is 2. The van der Waals surface area contributed by atoms with Crippen LogP contribution in [0.4, 0.5) is 0 Å². The predicted octanol–water partition coefficient (Wildman–Crippen LogP) is 2.04. The van der Waals surface area contributed by atoms with Crippen LogP contribution < -0.4 is 5.32 Å². The van der Waals surface area contributed by atoms with Crippen LogP contribution in [-0.4, -0.2) is 28.3 Å². The minimum Gasteiger partial charge on any atom is -0.507 e. The largest absolute Gasteiger partial charge is 0.507 e. The van der Waals surface area contributed by atoms with Crippen molar-refractivity contribution in [3.63, 3.8) is 0 Å². The van der Waals surface area contributed by atoms with Crippen LogP contribution in [0.15, 0.2) is 22.7 Å². The average Bonchev–Trinajstić information content (AvgIpc) is 2.28. The zero-order valence-corrected chi connectivity index (χ0v) is 11.9. The van der Waals surface area contributed by atoms with E-state index in [1.54, 1.807) is 12.1 Å². The first-order valence-electron chi connectivity index (χ1n) is 5.80. The molecule has 18 heavy (non-hydrogen) atoms. The third kappa shape index (κ3) is 2.24. The van der Waals surface area contributed by atoms with Gasteiger partial charge in [-0.05, 0) is 24.6 Å². The third-order valence-electron chi connectivity index (χ3n) is 3.73. The minimum atomic E-state index is -0.388. The number of halogens is 1. The van der Waals surface area contributed by atoms with Gasteiger partial charge in [0.25, 0.3) is 5.91 Å². The Morgan fingerprint density at radius 3 is 2.67 bits per heavy atom. The van der Waals surface area contributed by atoms with Crippen molar-refractivity contribution < 1.29 is 15.0 Å². The summed E-state index contributed by atoms with van der Waals surface area (Å²) in [7, 11) is 0. The van der Waals surface area contributed by atoms with Crippen LogP contribution >= 0.6 is 15.9 Å². The Hall–Kier alpha value is -1.07. The van der Waals surface area contributed by atoms with Gasteiger partial charge in [0.1, 0.15) is 5.75 Å². The van der Waals surface area contributed by atoms with Crippen LogP contribution in [0, 0.1) is 5.41 Å². The second-order valence-corrected chi connectivity index (χ2v) is 6.18. The van der Waals surface area contributed by atoms with Crippen molar-refractivity contribution in [1.29, 1.82) is 0 Å². The second kappa shape index (κ2) is 4.55. The van der Waals surface area contributed by atoms with E-state index in [9.17, 15) is 15.0 Å². The molecule has 0 saturated heterocycles. The summed E-state index contributed by atoms with van der Waals surface area (Å²) in [6.45, 7) is 3.82. The van der Waals surface area contributed by atoms with Crippen molar-refractivity contribution in [2.75, 3.05) is 0 Å². The lowest BCUT2D eigenvalue weighted by Gasteiger charge is -2.49. The molecule has 2 atom stereocenters. The standard InChI is InChI=1S/C13H16BrNO3/c1-13(2)10(6-11(13)17)15-12(18)8-4-3-7(14)5-9(8)16/h3-5,10-11,16-17H,6H2,1-2H3,(H,15,18). The summed E-state index contributed by atoms with van der Waals surface area (Å²) < 4.78 is 0.718. The molecule has 1 aromatic rings. The molecule has 1 fully saturated rings. The van der Waals surface area contributed by atoms with Gasteiger partial charge in [0.05, 0.1) is 11.7 Å². The van der Waals surface area contributed by atoms with Crippen molar-refractivity contribution in [3.8, 4) is 5.75 Å². The lowest BCUT2D eigenvalue weighted by atomic mass is 9.64. The molecule has 0 heterocycles. The molecule has 3 N–H and O–H groups in total. The molecule has 2 rings (SSSR count). The monoisotopic (exact) mass is 313 g/mol. The predicted molar refractivity (Wildman–Crippen MR) is 71.5 cm³/mol. The van der Waals surface area contributed by atoms with Gasteiger partial charge in [-0.1, -0.05) is 29.8 Å². The van der Waals surface area contributed by atoms with Crippen LogP contribution in [-0.2, 0) is 0 Å². The van der Waals surface area contributed by atoms with E-state index in [0.29, 0.717) is 6.42 Å². The molecule has 4 nitrogen and oxygen atoms in total. The highest BCUT2D eigenvalue weighted by molar-refractivity contribution is 9.10. The van der Waals surface area contributed by atoms with Gasteiger partial charge in [0.15, 0.2) is 0 Å². The number of hydrogen-bond donors (Lipinski definition) is 3. The molecule has 0 spiro atoms. The van der Waals surface area contributed by atoms with E-state index in [-0.39, 0.29) is 34.8 Å². The van der Waals surface area contributed by atoms with E-state index in [0.717, 1.165) is 4.47 Å². The summed E-state index contributed by atoms with van der Waals surface area (Å²) in [6.07, 6.45) is 0.164. The molecule has 1 saturated carbocycles. The van der Waals surface area contributed by atoms with E-state index >= 15 is 0 Å². The topological polar surface area (TPSA) is 69.6 Å². The molecule has 0 bridgehead atoms. The Kier molecular flexibility index (Phi) is 3.38. The van der Waals surface area contributed by atoms with Gasteiger partial charge in [-0.3, -0.25) is 4.79 Å². The Bertz CT molecular complexity index is 487. The number of phenolic OH excluding ortho intramolecular Hbond substituents is 1. The zero-order chi connectivity index (χ0) is 13.5. The summed E-state index contributed by atoms with van der Waals surface area (Å²) in [4.78, 5) is 12.0. The Balaban J connectivity index is 2.09. The van der Waals surface area contributed by atoms with Gasteiger partial charge in [-0.15, -0.1) is 0 Å². The second-order valence-electron chi connectivity index (χ2n) is 5.26. The maximum absolute atomic E-state index is 12.0. The molecule has 0 radical (unpaired) electrons. The molecular formula is C13H16BrNO3. The summed E-state index contributed by atoms with van der Waals surface area (Å²) in [5.74, 6) is -0.371. The molecule has 2 unspecified atom stereocenters. The maximum atomic E-state index is 12.0. The highest BCUT2D eigenvalue weighted by Crippen LogP contribution is 2.40. The maximum Gasteiger partial charge on any atom is 0.255 e. The quantitative estimate of drug-likeness (QED) is 0.782. The number of phenols is 1. The van der Waals surface area contributed by atoms with E-state index in [4.69, 9.17) is 0 Å². The Morgan fingerprint density at radius 2 is 2.17 bits per heavy atom. The normalized spacial score (nSPS) is 25.3. The molecular weight excluding hydrogens is 298 g/mol. The molecule has 1 aliphatic carbocycles. The third-order valence-corrected chi connectivity index (χ3v) is 4.22. The van der Waals surface area contributed by atoms with Gasteiger partial charge >= 0.3 is 0 Å². The number of carbonyl (C=O) groups is 1. The van der Waals surface area contributed by atoms with Crippen molar-refractivity contribution >= 4 is 21.8 Å². The van der Waals surface area contributed by atoms with E-state index < -0.39 is 0 Å². The zero-order valence-electron chi connectivity index (χ0n) is 10.3. The van der Waals surface area contributed by atoms with Gasteiger partial charge < -0.3 is 15.5 Å². The fraction of sp³-hybridized carbons (Fsp3) is 0.462. The SMILES string of the molecule is CC1(C)C(O)CC1NC(=O)c1ccc(Br)cc1O. The lowest BCUT2D eigenvalue weighted by Crippen LogP contribution is -2.61. The van der Waals surface area contributed by atoms with Crippen LogP contribution in [0.5, 0.6) is 5.75 Å². The number of carbonyl (C=O) groups excluding carboxylic acids is 1. The van der Waals surface area contributed by atoms with Gasteiger partial charge in [0.2, 0.25) is 0 Å². The Labute approximate surface area is 114 Å². The molecule has 1 aliphatic rings. The molecule has 1 amide bonds. The Morgan fingerprint density at radius 1 is 1.50 bits per heavy atom. The summed E-state index contributed by atoms with van der Waals surface area (Å²) in [5, 5.41) is 22.2. The number of hydrogen-bond acceptors (Lipinski definition) is 3. The number of nitrogens with one attached hydrogen (secondary N) is 1. The van der Waals surface area contributed by atoms with Crippen LogP contribution in [0.1, 0.15) is 30.6 Å². The first-order chi connectivity index (χ1) is 8.32. The van der Waals surface area contributed by atoms with Gasteiger partial charge in [0, 0.05) is 15.9 Å². The van der Waals surface area contributed by atoms with Gasteiger partial charge in [-0.2, -0.15) is 0 Å². The molecule has 0 aliphatic heterocycles. The summed E-state index contributed by atoms with van der Waals surface area (Å²) in [6, 6.07) is 4.69. The highest BCUT2D eigenvalue weighted by atomic mass is 79.9. The van der Waals surface area contributed by atoms with Crippen LogP contribution in [0.25, 0.3) is 0 Å². The van der Waals surface area contributed by atoms with Crippen LogP contribution in [0.3, 0.4) is 0 Å². The fourth-order valence-corrected chi connectivity index (χ4v) is 2.43. The van der Waals surface area contributed by atoms with E-state index in [2.05, 4.69) is 21.2 Å². The number of aromatic hydroxyl groups is 1. The van der Waals surface area contributed by atoms with Crippen LogP contribution in [0.2, 0.25) is 0 Å². The molecule has 0 aromatic heterocycles. The fourth-order valence-electron chi connectivity index (χ4n) is 2.08. The van der Waals surface area contributed by atoms with E-state index in [1.165, 1.54) is 6.07 Å². The van der Waals surface area contributed by atoms with Crippen molar-refractivity contribution in [2.24, 2.45) is 5.41 Å². The molecule has 98 valence electrons. The number of aliphatic hydroxyl groups excluding tert-OH is 1. The van der Waals surface area contributed by atoms with Crippen molar-refractivity contribution in [2.45, 2.75) is 32.4 Å². The van der Waals surface area contributed by atoms with Gasteiger partial charge in [-0.25, -0.2) is 0 Å². The number of benzene rings is 1. The first-order valence-corrected chi connectivity index (χ1v) is 6.59. The number of amides is 1. The summed E-state index contributed by atoms with van der Waals surface area (Å²) >= 11 is 3.22. The average molecular weight is 314 g/mol. The molecule has 5 heteroatoms. The number of aliphatic hydroxyl groups is 1. The minimum absolute atomic E-state index is 0.0560. The summed E-state index contributed by atoms with van der Waals surface area (Å²) in [5.41, 5.74) is -0.0731. The smallest absolute Gasteiger partial charge is 0.255 e. The first kappa shape index (κ1) is 13.4. The lowest BCUT2D eigenvalue weighted by molar-refractivity contribution is -0.0689. The molecule has 1 aromatic carbocycles.